The number of aryl methyl sites for hydroxylation is 1. The molecule has 0 radical (unpaired) electrons. The lowest BCUT2D eigenvalue weighted by atomic mass is 10.1. The highest BCUT2D eigenvalue weighted by Gasteiger charge is 2.03. The molecule has 0 aliphatic rings. The van der Waals surface area contributed by atoms with E-state index in [1.165, 1.54) is 20.5 Å². The number of fused-ring (bicyclic) bond motifs is 1. The quantitative estimate of drug-likeness (QED) is 0.611. The fourth-order valence-electron chi connectivity index (χ4n) is 1.43. The summed E-state index contributed by atoms with van der Waals surface area (Å²) >= 11 is 5.23. The van der Waals surface area contributed by atoms with E-state index in [4.69, 9.17) is 5.73 Å². The monoisotopic (exact) mass is 255 g/mol. The molecule has 2 N–H and O–H groups in total. The lowest BCUT2D eigenvalue weighted by molar-refractivity contribution is 1.47. The number of benzene rings is 1. The molecule has 1 nitrogen and oxygen atoms in total. The van der Waals surface area contributed by atoms with E-state index in [0.717, 1.165) is 11.0 Å². The molecule has 3 heteroatoms. The fourth-order valence-corrected chi connectivity index (χ4v) is 2.77. The summed E-state index contributed by atoms with van der Waals surface area (Å²) in [6.07, 6.45) is 0. The van der Waals surface area contributed by atoms with Crippen LogP contribution in [0, 0.1) is 6.92 Å². The van der Waals surface area contributed by atoms with Crippen molar-refractivity contribution in [3.63, 3.8) is 0 Å². The molecule has 0 fully saturated rings. The molecule has 0 unspecified atom stereocenters. The molecular weight excluding hydrogens is 246 g/mol. The van der Waals surface area contributed by atoms with Crippen molar-refractivity contribution in [2.75, 3.05) is 5.73 Å². The minimum atomic E-state index is 0.865. The first kappa shape index (κ1) is 9.03. The van der Waals surface area contributed by atoms with Gasteiger partial charge in [0.15, 0.2) is 0 Å². The number of anilines is 1. The van der Waals surface area contributed by atoms with Crippen molar-refractivity contribution < 1.29 is 0 Å². The molecule has 0 atom stereocenters. The van der Waals surface area contributed by atoms with Crippen LogP contribution in [0.2, 0.25) is 0 Å². The highest BCUT2D eigenvalue weighted by molar-refractivity contribution is 9.08. The summed E-state index contributed by atoms with van der Waals surface area (Å²) in [6, 6.07) is 6.37. The molecule has 0 saturated carbocycles. The second-order valence-corrected chi connectivity index (χ2v) is 4.94. The zero-order chi connectivity index (χ0) is 9.42. The lowest BCUT2D eigenvalue weighted by Gasteiger charge is -1.99. The van der Waals surface area contributed by atoms with E-state index < -0.39 is 0 Å². The van der Waals surface area contributed by atoms with Crippen molar-refractivity contribution in [1.29, 1.82) is 0 Å². The van der Waals surface area contributed by atoms with Gasteiger partial charge in [0.2, 0.25) is 0 Å². The molecule has 2 aromatic rings. The zero-order valence-electron chi connectivity index (χ0n) is 7.30. The van der Waals surface area contributed by atoms with E-state index in [1.807, 2.05) is 6.07 Å². The van der Waals surface area contributed by atoms with Gasteiger partial charge in [0.25, 0.3) is 0 Å². The van der Waals surface area contributed by atoms with Crippen molar-refractivity contribution >= 4 is 43.0 Å². The second-order valence-electron chi connectivity index (χ2n) is 3.09. The maximum Gasteiger partial charge on any atom is 0.0405 e. The van der Waals surface area contributed by atoms with Crippen LogP contribution in [0.25, 0.3) is 10.1 Å². The van der Waals surface area contributed by atoms with Crippen LogP contribution in [-0.4, -0.2) is 0 Å². The molecule has 1 aromatic carbocycles. The third kappa shape index (κ3) is 1.58. The predicted molar refractivity (Wildman–Crippen MR) is 63.6 cm³/mol. The van der Waals surface area contributed by atoms with Crippen LogP contribution in [0.5, 0.6) is 0 Å². The first-order valence-electron chi connectivity index (χ1n) is 4.05. The zero-order valence-corrected chi connectivity index (χ0v) is 9.71. The van der Waals surface area contributed by atoms with E-state index >= 15 is 0 Å². The van der Waals surface area contributed by atoms with Crippen molar-refractivity contribution in [3.8, 4) is 0 Å². The molecule has 0 aliphatic heterocycles. The van der Waals surface area contributed by atoms with E-state index in [0.29, 0.717) is 0 Å². The molecule has 2 rings (SSSR count). The molecular formula is C10H10BrNS. The lowest BCUT2D eigenvalue weighted by Crippen LogP contribution is -1.87. The van der Waals surface area contributed by atoms with Crippen molar-refractivity contribution in [2.45, 2.75) is 12.3 Å². The standard InChI is InChI=1S/C10H10BrNS/c1-6-2-8-9(12)3-7(5-11)4-10(8)13-6/h2-4H,5,12H2,1H3. The molecule has 1 heterocycles. The number of nitrogens with two attached hydrogens (primary N) is 1. The predicted octanol–water partition coefficient (Wildman–Crippen LogP) is 3.69. The SMILES string of the molecule is Cc1cc2c(N)cc(CBr)cc2s1. The highest BCUT2D eigenvalue weighted by Crippen LogP contribution is 2.31. The maximum atomic E-state index is 5.93. The average Bonchev–Trinajstić information content (AvgIpc) is 2.46. The van der Waals surface area contributed by atoms with Gasteiger partial charge in [-0.05, 0) is 30.7 Å². The number of rotatable bonds is 1. The van der Waals surface area contributed by atoms with E-state index in [9.17, 15) is 0 Å². The molecule has 0 aliphatic carbocycles. The fraction of sp³-hybridized carbons (Fsp3) is 0.200. The second kappa shape index (κ2) is 3.31. The van der Waals surface area contributed by atoms with Gasteiger partial charge in [-0.1, -0.05) is 15.9 Å². The van der Waals surface area contributed by atoms with Crippen molar-refractivity contribution in [3.05, 3.63) is 28.6 Å². The Labute approximate surface area is 89.7 Å². The topological polar surface area (TPSA) is 26.0 Å². The third-order valence-corrected chi connectivity index (χ3v) is 3.65. The van der Waals surface area contributed by atoms with Gasteiger partial charge < -0.3 is 5.73 Å². The Bertz CT molecular complexity index is 447. The van der Waals surface area contributed by atoms with Crippen LogP contribution in [0.4, 0.5) is 5.69 Å². The molecule has 0 amide bonds. The van der Waals surface area contributed by atoms with Crippen LogP contribution in [0.3, 0.4) is 0 Å². The van der Waals surface area contributed by atoms with Crippen molar-refractivity contribution in [1.82, 2.24) is 0 Å². The van der Waals surface area contributed by atoms with Crippen LogP contribution < -0.4 is 5.73 Å². The number of nitrogen functional groups attached to an aromatic ring is 1. The van der Waals surface area contributed by atoms with Gasteiger partial charge >= 0.3 is 0 Å². The number of hydrogen-bond acceptors (Lipinski definition) is 2. The van der Waals surface area contributed by atoms with Gasteiger partial charge in [0.05, 0.1) is 0 Å². The minimum Gasteiger partial charge on any atom is -0.398 e. The normalized spacial score (nSPS) is 10.9. The molecule has 0 bridgehead atoms. The van der Waals surface area contributed by atoms with Gasteiger partial charge in [-0.15, -0.1) is 11.3 Å². The Balaban J connectivity index is 2.75. The van der Waals surface area contributed by atoms with E-state index in [2.05, 4.69) is 35.0 Å². The van der Waals surface area contributed by atoms with E-state index in [-0.39, 0.29) is 0 Å². The maximum absolute atomic E-state index is 5.93. The van der Waals surface area contributed by atoms with Crippen LogP contribution in [0.15, 0.2) is 18.2 Å². The first-order valence-corrected chi connectivity index (χ1v) is 5.99. The molecule has 13 heavy (non-hydrogen) atoms. The number of alkyl halides is 1. The van der Waals surface area contributed by atoms with Crippen molar-refractivity contribution in [2.24, 2.45) is 0 Å². The van der Waals surface area contributed by atoms with Gasteiger partial charge in [-0.3, -0.25) is 0 Å². The first-order chi connectivity index (χ1) is 6.20. The Kier molecular flexibility index (Phi) is 2.30. The Hall–Kier alpha value is -0.540. The van der Waals surface area contributed by atoms with Gasteiger partial charge in [0.1, 0.15) is 0 Å². The molecule has 0 spiro atoms. The number of thiophene rings is 1. The summed E-state index contributed by atoms with van der Waals surface area (Å²) in [7, 11) is 0. The van der Waals surface area contributed by atoms with Crippen LogP contribution in [0.1, 0.15) is 10.4 Å². The summed E-state index contributed by atoms with van der Waals surface area (Å²) in [5, 5.41) is 2.05. The van der Waals surface area contributed by atoms with Crippen LogP contribution in [-0.2, 0) is 5.33 Å². The van der Waals surface area contributed by atoms with E-state index in [1.54, 1.807) is 11.3 Å². The number of hydrogen-bond donors (Lipinski definition) is 1. The summed E-state index contributed by atoms with van der Waals surface area (Å²) < 4.78 is 1.28. The Morgan fingerprint density at radius 2 is 2.15 bits per heavy atom. The third-order valence-electron chi connectivity index (χ3n) is 2.01. The number of halogens is 1. The Morgan fingerprint density at radius 1 is 1.38 bits per heavy atom. The average molecular weight is 256 g/mol. The van der Waals surface area contributed by atoms with Gasteiger partial charge in [0, 0.05) is 26.0 Å². The van der Waals surface area contributed by atoms with Gasteiger partial charge in [-0.2, -0.15) is 0 Å². The summed E-state index contributed by atoms with van der Waals surface area (Å²) in [5.74, 6) is 0. The summed E-state index contributed by atoms with van der Waals surface area (Å²) in [4.78, 5) is 1.31. The van der Waals surface area contributed by atoms with Gasteiger partial charge in [-0.25, -0.2) is 0 Å². The minimum absolute atomic E-state index is 0.865. The molecule has 0 saturated heterocycles. The van der Waals surface area contributed by atoms with Crippen LogP contribution >= 0.6 is 27.3 Å². The Morgan fingerprint density at radius 3 is 2.85 bits per heavy atom. The largest absolute Gasteiger partial charge is 0.398 e. The molecule has 1 aromatic heterocycles. The summed E-state index contributed by atoms with van der Waals surface area (Å²) in [5.41, 5.74) is 8.06. The summed E-state index contributed by atoms with van der Waals surface area (Å²) in [6.45, 7) is 2.11. The smallest absolute Gasteiger partial charge is 0.0405 e. The molecule has 68 valence electrons. The highest BCUT2D eigenvalue weighted by atomic mass is 79.9.